The summed E-state index contributed by atoms with van der Waals surface area (Å²) in [5.74, 6) is 3.11. The molecule has 132 valence electrons. The molecule has 0 saturated heterocycles. The number of hydrogen-bond acceptors (Lipinski definition) is 4. The molecule has 2 bridgehead atoms. The van der Waals surface area contributed by atoms with Gasteiger partial charge in [-0.2, -0.15) is 5.10 Å². The van der Waals surface area contributed by atoms with Gasteiger partial charge in [-0.3, -0.25) is 18.8 Å². The Hall–Kier alpha value is -2.18. The van der Waals surface area contributed by atoms with E-state index in [-0.39, 0.29) is 18.0 Å². The molecule has 2 heterocycles. The zero-order valence-electron chi connectivity index (χ0n) is 14.4. The first kappa shape index (κ1) is 15.1. The summed E-state index contributed by atoms with van der Waals surface area (Å²) in [4.78, 5) is 29.2. The average molecular weight is 341 g/mol. The van der Waals surface area contributed by atoms with Gasteiger partial charge in [0.2, 0.25) is 5.91 Å². The second-order valence-electron chi connectivity index (χ2n) is 8.01. The molecule has 7 nitrogen and oxygen atoms in total. The maximum atomic E-state index is 12.5. The summed E-state index contributed by atoms with van der Waals surface area (Å²) in [6.45, 7) is 0.0264. The van der Waals surface area contributed by atoms with Gasteiger partial charge >= 0.3 is 0 Å². The van der Waals surface area contributed by atoms with Gasteiger partial charge in [-0.25, -0.2) is 4.98 Å². The van der Waals surface area contributed by atoms with Crippen LogP contribution in [0.3, 0.4) is 0 Å². The predicted octanol–water partition coefficient (Wildman–Crippen LogP) is 1.07. The fraction of sp³-hybridized carbons (Fsp3) is 0.667. The molecule has 0 radical (unpaired) electrons. The number of carbonyl (C=O) groups is 1. The second kappa shape index (κ2) is 5.41. The van der Waals surface area contributed by atoms with Crippen molar-refractivity contribution < 1.29 is 4.79 Å². The number of carbonyl (C=O) groups excluding carboxylic acids is 1. The van der Waals surface area contributed by atoms with Crippen LogP contribution >= 0.6 is 0 Å². The van der Waals surface area contributed by atoms with Gasteiger partial charge in [-0.1, -0.05) is 6.42 Å². The zero-order valence-corrected chi connectivity index (χ0v) is 14.4. The maximum Gasteiger partial charge on any atom is 0.264 e. The van der Waals surface area contributed by atoms with Gasteiger partial charge in [0.05, 0.1) is 6.20 Å². The van der Waals surface area contributed by atoms with Gasteiger partial charge in [0.25, 0.3) is 5.56 Å². The van der Waals surface area contributed by atoms with Gasteiger partial charge in [-0.05, 0) is 49.4 Å². The van der Waals surface area contributed by atoms with Crippen molar-refractivity contribution in [3.05, 3.63) is 22.9 Å². The highest BCUT2D eigenvalue weighted by Gasteiger charge is 2.53. The molecule has 7 heteroatoms. The Kier molecular flexibility index (Phi) is 3.27. The number of aromatic nitrogens is 4. The fourth-order valence-electron chi connectivity index (χ4n) is 5.82. The van der Waals surface area contributed by atoms with Crippen molar-refractivity contribution in [1.29, 1.82) is 0 Å². The molecule has 2 aromatic rings. The van der Waals surface area contributed by atoms with E-state index in [2.05, 4.69) is 15.4 Å². The van der Waals surface area contributed by atoms with Crippen LogP contribution in [0.4, 0.5) is 0 Å². The summed E-state index contributed by atoms with van der Waals surface area (Å²) < 4.78 is 2.94. The van der Waals surface area contributed by atoms with E-state index >= 15 is 0 Å². The van der Waals surface area contributed by atoms with E-state index in [1.54, 1.807) is 11.7 Å². The minimum atomic E-state index is -0.211. The first-order chi connectivity index (χ1) is 12.1. The number of amides is 1. The Bertz CT molecular complexity index is 900. The topological polar surface area (TPSA) is 81.8 Å². The fourth-order valence-corrected chi connectivity index (χ4v) is 5.82. The zero-order chi connectivity index (χ0) is 17.1. The minimum Gasteiger partial charge on any atom is -0.352 e. The second-order valence-corrected chi connectivity index (χ2v) is 8.01. The van der Waals surface area contributed by atoms with Crippen LogP contribution in [0, 0.1) is 23.7 Å². The monoisotopic (exact) mass is 341 g/mol. The lowest BCUT2D eigenvalue weighted by atomic mass is 9.79. The van der Waals surface area contributed by atoms with Crippen LogP contribution in [0.15, 0.2) is 17.3 Å². The summed E-state index contributed by atoms with van der Waals surface area (Å²) in [6.07, 6.45) is 9.43. The Morgan fingerprint density at radius 1 is 1.28 bits per heavy atom. The summed E-state index contributed by atoms with van der Waals surface area (Å²) in [5.41, 5.74) is 0.332. The van der Waals surface area contributed by atoms with Crippen LogP contribution in [0.1, 0.15) is 32.1 Å². The lowest BCUT2D eigenvalue weighted by molar-refractivity contribution is -0.123. The Morgan fingerprint density at radius 3 is 3.00 bits per heavy atom. The molecule has 1 amide bonds. The number of nitrogens with one attached hydrogen (secondary N) is 1. The molecule has 1 N–H and O–H groups in total. The average Bonchev–Trinajstić information content (AvgIpc) is 3.32. The molecule has 5 rings (SSSR count). The van der Waals surface area contributed by atoms with E-state index in [0.717, 1.165) is 24.2 Å². The number of nitrogens with zero attached hydrogens (tertiary/aromatic N) is 4. The largest absolute Gasteiger partial charge is 0.352 e. The van der Waals surface area contributed by atoms with E-state index < -0.39 is 0 Å². The Balaban J connectivity index is 1.30. The van der Waals surface area contributed by atoms with Gasteiger partial charge in [0.15, 0.2) is 5.65 Å². The molecular weight excluding hydrogens is 318 g/mol. The van der Waals surface area contributed by atoms with Crippen molar-refractivity contribution in [1.82, 2.24) is 24.6 Å². The summed E-state index contributed by atoms with van der Waals surface area (Å²) in [6, 6.07) is 0.294. The third-order valence-electron chi connectivity index (χ3n) is 6.81. The molecule has 3 saturated carbocycles. The molecule has 3 aliphatic rings. The van der Waals surface area contributed by atoms with Gasteiger partial charge in [0, 0.05) is 13.1 Å². The molecule has 0 aliphatic heterocycles. The molecule has 25 heavy (non-hydrogen) atoms. The van der Waals surface area contributed by atoms with Crippen LogP contribution in [-0.2, 0) is 18.4 Å². The molecule has 0 spiro atoms. The first-order valence-corrected chi connectivity index (χ1v) is 9.28. The van der Waals surface area contributed by atoms with Gasteiger partial charge < -0.3 is 5.32 Å². The maximum absolute atomic E-state index is 12.5. The van der Waals surface area contributed by atoms with Gasteiger partial charge in [-0.15, -0.1) is 0 Å². The first-order valence-electron chi connectivity index (χ1n) is 9.28. The van der Waals surface area contributed by atoms with Gasteiger partial charge in [0.1, 0.15) is 18.3 Å². The van der Waals surface area contributed by atoms with Crippen LogP contribution in [-0.4, -0.2) is 31.3 Å². The summed E-state index contributed by atoms with van der Waals surface area (Å²) >= 11 is 0. The van der Waals surface area contributed by atoms with Crippen molar-refractivity contribution >= 4 is 16.9 Å². The highest BCUT2D eigenvalue weighted by Crippen LogP contribution is 2.58. The van der Waals surface area contributed by atoms with Crippen LogP contribution < -0.4 is 10.9 Å². The van der Waals surface area contributed by atoms with Crippen molar-refractivity contribution in [2.45, 2.75) is 44.7 Å². The van der Waals surface area contributed by atoms with E-state index in [0.29, 0.717) is 23.0 Å². The number of aryl methyl sites for hydroxylation is 1. The number of hydrogen-bond donors (Lipinski definition) is 1. The SMILES string of the molecule is Cn1ncc2c(=O)n(CC(=O)N[C@@H]3C[C@H]4C[C@H]3[C@@H]3CCC[C@@H]43)cnc21. The number of rotatable bonds is 3. The van der Waals surface area contributed by atoms with Crippen molar-refractivity contribution in [2.24, 2.45) is 30.7 Å². The minimum absolute atomic E-state index is 0.0264. The lowest BCUT2D eigenvalue weighted by Gasteiger charge is -2.32. The third kappa shape index (κ3) is 2.24. The predicted molar refractivity (Wildman–Crippen MR) is 91.7 cm³/mol. The van der Waals surface area contributed by atoms with E-state index in [9.17, 15) is 9.59 Å². The smallest absolute Gasteiger partial charge is 0.264 e. The molecule has 5 atom stereocenters. The third-order valence-corrected chi connectivity index (χ3v) is 6.81. The molecule has 0 unspecified atom stereocenters. The van der Waals surface area contributed by atoms with Crippen LogP contribution in [0.5, 0.6) is 0 Å². The molecular formula is C18H23N5O2. The van der Waals surface area contributed by atoms with Crippen LogP contribution in [0.25, 0.3) is 11.0 Å². The van der Waals surface area contributed by atoms with E-state index in [1.807, 2.05) is 0 Å². The highest BCUT2D eigenvalue weighted by molar-refractivity contribution is 5.77. The molecule has 3 fully saturated rings. The Morgan fingerprint density at radius 2 is 2.12 bits per heavy atom. The molecule has 0 aromatic carbocycles. The standard InChI is InChI=1S/C18H23N5O2/c1-22-17-14(7-20-22)18(25)23(9-19-17)8-16(24)21-15-6-10-5-13(15)12-4-2-3-11(10)12/h7,9-13,15H,2-6,8H2,1H3,(H,21,24)/t10-,11+,12-,13+,15-/m1/s1. The van der Waals surface area contributed by atoms with E-state index in [1.165, 1.54) is 42.8 Å². The highest BCUT2D eigenvalue weighted by atomic mass is 16.2. The normalized spacial score (nSPS) is 33.1. The molecule has 3 aliphatic carbocycles. The van der Waals surface area contributed by atoms with Crippen molar-refractivity contribution in [3.63, 3.8) is 0 Å². The van der Waals surface area contributed by atoms with Crippen molar-refractivity contribution in [2.75, 3.05) is 0 Å². The molecule has 2 aromatic heterocycles. The quantitative estimate of drug-likeness (QED) is 0.905. The van der Waals surface area contributed by atoms with Crippen LogP contribution in [0.2, 0.25) is 0 Å². The Labute approximate surface area is 145 Å². The lowest BCUT2D eigenvalue weighted by Crippen LogP contribution is -2.44. The number of fused-ring (bicyclic) bond motifs is 6. The summed E-state index contributed by atoms with van der Waals surface area (Å²) in [5, 5.41) is 7.71. The van der Waals surface area contributed by atoms with Crippen molar-refractivity contribution in [3.8, 4) is 0 Å². The van der Waals surface area contributed by atoms with E-state index in [4.69, 9.17) is 0 Å². The summed E-state index contributed by atoms with van der Waals surface area (Å²) in [7, 11) is 1.75.